The lowest BCUT2D eigenvalue weighted by Gasteiger charge is -2.30. The molecule has 1 aliphatic carbocycles. The Bertz CT molecular complexity index is 618. The molecule has 7 heteroatoms. The highest BCUT2D eigenvalue weighted by Gasteiger charge is 2.27. The Morgan fingerprint density at radius 1 is 1.32 bits per heavy atom. The van der Waals surface area contributed by atoms with Gasteiger partial charge in [0.05, 0.1) is 0 Å². The maximum absolute atomic E-state index is 12.3. The van der Waals surface area contributed by atoms with Gasteiger partial charge in [-0.15, -0.1) is 24.0 Å². The zero-order valence-electron chi connectivity index (χ0n) is 17.6. The number of nitrogens with one attached hydrogen (secondary N) is 3. The van der Waals surface area contributed by atoms with E-state index in [4.69, 9.17) is 4.99 Å². The number of guanidine groups is 1. The number of pyridine rings is 1. The van der Waals surface area contributed by atoms with Crippen LogP contribution in [0.4, 0.5) is 0 Å². The molecule has 6 nitrogen and oxygen atoms in total. The number of aromatic nitrogens is 1. The van der Waals surface area contributed by atoms with Crippen LogP contribution in [0.1, 0.15) is 57.7 Å². The van der Waals surface area contributed by atoms with Gasteiger partial charge in [-0.05, 0) is 65.0 Å². The number of nitrogens with zero attached hydrogens (tertiary/aromatic N) is 2. The summed E-state index contributed by atoms with van der Waals surface area (Å²) < 4.78 is 0. The number of aliphatic imine (C=N–C) groups is 1. The van der Waals surface area contributed by atoms with Crippen LogP contribution in [0, 0.1) is 12.8 Å². The molecule has 28 heavy (non-hydrogen) atoms. The summed E-state index contributed by atoms with van der Waals surface area (Å²) in [4.78, 5) is 21.4. The van der Waals surface area contributed by atoms with Crippen molar-refractivity contribution in [3.8, 4) is 0 Å². The summed E-state index contributed by atoms with van der Waals surface area (Å²) in [7, 11) is 0. The van der Waals surface area contributed by atoms with Crippen molar-refractivity contribution in [2.45, 2.75) is 71.9 Å². The van der Waals surface area contributed by atoms with Crippen molar-refractivity contribution in [2.75, 3.05) is 13.1 Å². The molecule has 2 atom stereocenters. The first-order valence-electron chi connectivity index (χ1n) is 10.2. The van der Waals surface area contributed by atoms with E-state index in [1.54, 1.807) is 0 Å². The summed E-state index contributed by atoms with van der Waals surface area (Å²) in [6.45, 7) is 9.62. The first-order valence-corrected chi connectivity index (χ1v) is 10.2. The molecule has 2 rings (SSSR count). The number of rotatable bonds is 7. The molecule has 1 aliphatic rings. The van der Waals surface area contributed by atoms with E-state index < -0.39 is 0 Å². The van der Waals surface area contributed by atoms with E-state index in [9.17, 15) is 4.79 Å². The fraction of sp³-hybridized carbons (Fsp3) is 0.667. The van der Waals surface area contributed by atoms with Crippen LogP contribution in [0.2, 0.25) is 0 Å². The highest BCUT2D eigenvalue weighted by molar-refractivity contribution is 14.0. The van der Waals surface area contributed by atoms with Crippen molar-refractivity contribution in [3.05, 3.63) is 29.6 Å². The van der Waals surface area contributed by atoms with Crippen molar-refractivity contribution in [1.82, 2.24) is 20.9 Å². The number of hydrogen-bond donors (Lipinski definition) is 3. The molecule has 158 valence electrons. The largest absolute Gasteiger partial charge is 0.357 e. The van der Waals surface area contributed by atoms with Gasteiger partial charge < -0.3 is 16.0 Å². The second-order valence-corrected chi connectivity index (χ2v) is 7.69. The third-order valence-corrected chi connectivity index (χ3v) is 4.80. The molecule has 0 aliphatic heterocycles. The van der Waals surface area contributed by atoms with Crippen LogP contribution in [0.5, 0.6) is 0 Å². The molecule has 1 amide bonds. The highest BCUT2D eigenvalue weighted by Crippen LogP contribution is 2.24. The molecular formula is C21H36IN5O. The maximum Gasteiger partial charge on any atom is 0.223 e. The summed E-state index contributed by atoms with van der Waals surface area (Å²) >= 11 is 0. The lowest BCUT2D eigenvalue weighted by atomic mass is 9.85. The number of carbonyl (C=O) groups excluding carboxylic acids is 1. The fourth-order valence-electron chi connectivity index (χ4n) is 3.42. The minimum atomic E-state index is 0. The van der Waals surface area contributed by atoms with Gasteiger partial charge in [0.1, 0.15) is 0 Å². The highest BCUT2D eigenvalue weighted by atomic mass is 127. The van der Waals surface area contributed by atoms with Gasteiger partial charge >= 0.3 is 0 Å². The van der Waals surface area contributed by atoms with Crippen LogP contribution >= 0.6 is 24.0 Å². The predicted molar refractivity (Wildman–Crippen MR) is 126 cm³/mol. The Kier molecular flexibility index (Phi) is 11.4. The fourth-order valence-corrected chi connectivity index (χ4v) is 3.42. The molecule has 0 radical (unpaired) electrons. The van der Waals surface area contributed by atoms with Gasteiger partial charge in [-0.2, -0.15) is 0 Å². The second kappa shape index (κ2) is 13.0. The number of aryl methyl sites for hydroxylation is 1. The summed E-state index contributed by atoms with van der Waals surface area (Å²) in [6.07, 6.45) is 6.79. The van der Waals surface area contributed by atoms with Crippen LogP contribution in [-0.2, 0) is 11.2 Å². The van der Waals surface area contributed by atoms with Crippen LogP contribution in [0.15, 0.2) is 23.3 Å². The number of carbonyl (C=O) groups is 1. The molecular weight excluding hydrogens is 465 g/mol. The van der Waals surface area contributed by atoms with Crippen molar-refractivity contribution >= 4 is 35.8 Å². The third kappa shape index (κ3) is 8.75. The first kappa shape index (κ1) is 24.7. The standard InChI is InChI=1S/C21H35N5O.HI/c1-5-22-21(23-12-11-17-10-9-16(4)24-14-17)26-19-8-6-7-18(13-19)20(27)25-15(2)3;/h9-10,14-15,18-19H,5-8,11-13H2,1-4H3,(H,25,27)(H2,22,23,26);1H. The van der Waals surface area contributed by atoms with E-state index in [0.717, 1.165) is 50.3 Å². The summed E-state index contributed by atoms with van der Waals surface area (Å²) in [6, 6.07) is 4.63. The number of halogens is 1. The molecule has 1 aromatic rings. The Morgan fingerprint density at radius 2 is 2.11 bits per heavy atom. The Balaban J connectivity index is 0.00000392. The van der Waals surface area contributed by atoms with E-state index in [-0.39, 0.29) is 41.8 Å². The van der Waals surface area contributed by atoms with Crippen LogP contribution in [-0.4, -0.2) is 42.0 Å². The van der Waals surface area contributed by atoms with Gasteiger partial charge in [0.25, 0.3) is 0 Å². The molecule has 0 aromatic carbocycles. The zero-order valence-corrected chi connectivity index (χ0v) is 20.0. The molecule has 0 bridgehead atoms. The number of hydrogen-bond acceptors (Lipinski definition) is 3. The minimum Gasteiger partial charge on any atom is -0.357 e. The molecule has 3 N–H and O–H groups in total. The van der Waals surface area contributed by atoms with Gasteiger partial charge in [-0.25, -0.2) is 0 Å². The predicted octanol–water partition coefficient (Wildman–Crippen LogP) is 3.19. The van der Waals surface area contributed by atoms with Crippen molar-refractivity contribution < 1.29 is 4.79 Å². The smallest absolute Gasteiger partial charge is 0.223 e. The Labute approximate surface area is 186 Å². The van der Waals surface area contributed by atoms with Crippen LogP contribution in [0.3, 0.4) is 0 Å². The van der Waals surface area contributed by atoms with Crippen LogP contribution < -0.4 is 16.0 Å². The van der Waals surface area contributed by atoms with E-state index in [1.807, 2.05) is 33.0 Å². The SMILES string of the molecule is CCNC(=NCCc1ccc(C)nc1)NC1CCCC(C(=O)NC(C)C)C1.I. The van der Waals surface area contributed by atoms with Crippen molar-refractivity contribution in [3.63, 3.8) is 0 Å². The van der Waals surface area contributed by atoms with E-state index in [1.165, 1.54) is 5.56 Å². The van der Waals surface area contributed by atoms with E-state index in [2.05, 4.69) is 33.9 Å². The topological polar surface area (TPSA) is 78.4 Å². The molecule has 1 aromatic heterocycles. The molecule has 2 unspecified atom stereocenters. The van der Waals surface area contributed by atoms with Crippen molar-refractivity contribution in [2.24, 2.45) is 10.9 Å². The second-order valence-electron chi connectivity index (χ2n) is 7.69. The zero-order chi connectivity index (χ0) is 19.6. The van der Waals surface area contributed by atoms with Gasteiger partial charge in [0, 0.05) is 43.0 Å². The van der Waals surface area contributed by atoms with Gasteiger partial charge in [0.2, 0.25) is 5.91 Å². The van der Waals surface area contributed by atoms with Crippen molar-refractivity contribution in [1.29, 1.82) is 0 Å². The lowest BCUT2D eigenvalue weighted by Crippen LogP contribution is -2.47. The third-order valence-electron chi connectivity index (χ3n) is 4.80. The lowest BCUT2D eigenvalue weighted by molar-refractivity contribution is -0.126. The van der Waals surface area contributed by atoms with Gasteiger partial charge in [-0.3, -0.25) is 14.8 Å². The Hall–Kier alpha value is -1.38. The van der Waals surface area contributed by atoms with Crippen LogP contribution in [0.25, 0.3) is 0 Å². The Morgan fingerprint density at radius 3 is 2.75 bits per heavy atom. The van der Waals surface area contributed by atoms with Gasteiger partial charge in [-0.1, -0.05) is 12.5 Å². The quantitative estimate of drug-likeness (QED) is 0.305. The van der Waals surface area contributed by atoms with E-state index in [0.29, 0.717) is 12.6 Å². The van der Waals surface area contributed by atoms with Gasteiger partial charge in [0.15, 0.2) is 5.96 Å². The molecule has 0 spiro atoms. The molecule has 1 heterocycles. The summed E-state index contributed by atoms with van der Waals surface area (Å²) in [5.41, 5.74) is 2.23. The molecule has 1 saturated carbocycles. The molecule has 0 saturated heterocycles. The summed E-state index contributed by atoms with van der Waals surface area (Å²) in [5.74, 6) is 1.12. The average Bonchev–Trinajstić information content (AvgIpc) is 2.63. The maximum atomic E-state index is 12.3. The van der Waals surface area contributed by atoms with E-state index >= 15 is 0 Å². The minimum absolute atomic E-state index is 0. The first-order chi connectivity index (χ1) is 13.0. The molecule has 1 fully saturated rings. The normalized spacial score (nSPS) is 19.7. The number of amides is 1. The summed E-state index contributed by atoms with van der Waals surface area (Å²) in [5, 5.41) is 9.91. The monoisotopic (exact) mass is 501 g/mol. The average molecular weight is 501 g/mol.